The standard InChI is InChI=1S/C13H27O2S/c1-4-7-8-12(5-2)11-15-13(16)9-10-14-6-3/h12-13H,4-11H2,1-3H3. The maximum atomic E-state index is 5.67. The molecule has 2 nitrogen and oxygen atoms in total. The lowest BCUT2D eigenvalue weighted by Crippen LogP contribution is -2.15. The first-order chi connectivity index (χ1) is 7.74. The van der Waals surface area contributed by atoms with E-state index in [0.29, 0.717) is 5.92 Å². The van der Waals surface area contributed by atoms with Crippen LogP contribution in [0.4, 0.5) is 0 Å². The molecular formula is C13H27O2S. The lowest BCUT2D eigenvalue weighted by Gasteiger charge is -2.17. The van der Waals surface area contributed by atoms with Gasteiger partial charge in [-0.2, -0.15) is 0 Å². The van der Waals surface area contributed by atoms with Crippen LogP contribution in [0.2, 0.25) is 0 Å². The maximum Gasteiger partial charge on any atom is 0.115 e. The van der Waals surface area contributed by atoms with E-state index >= 15 is 0 Å². The Morgan fingerprint density at radius 1 is 1.12 bits per heavy atom. The third-order valence-electron chi connectivity index (χ3n) is 2.76. The average molecular weight is 247 g/mol. The molecule has 0 aromatic rings. The average Bonchev–Trinajstić information content (AvgIpc) is 2.30. The van der Waals surface area contributed by atoms with Crippen molar-refractivity contribution < 1.29 is 9.47 Å². The van der Waals surface area contributed by atoms with Crippen molar-refractivity contribution in [3.63, 3.8) is 0 Å². The van der Waals surface area contributed by atoms with Crippen molar-refractivity contribution in [2.24, 2.45) is 5.92 Å². The summed E-state index contributed by atoms with van der Waals surface area (Å²) in [6.07, 6.45) is 5.84. The van der Waals surface area contributed by atoms with Crippen molar-refractivity contribution in [3.8, 4) is 0 Å². The summed E-state index contributed by atoms with van der Waals surface area (Å²) in [5.41, 5.74) is -0.0813. The molecule has 0 N–H and O–H groups in total. The molecule has 97 valence electrons. The van der Waals surface area contributed by atoms with E-state index in [1.165, 1.54) is 25.7 Å². The molecule has 0 amide bonds. The molecule has 0 spiro atoms. The van der Waals surface area contributed by atoms with Crippen LogP contribution >= 0.6 is 12.6 Å². The van der Waals surface area contributed by atoms with E-state index in [1.807, 2.05) is 6.92 Å². The van der Waals surface area contributed by atoms with Gasteiger partial charge in [0.1, 0.15) is 5.44 Å². The van der Waals surface area contributed by atoms with Gasteiger partial charge in [0.15, 0.2) is 0 Å². The molecule has 0 saturated carbocycles. The number of hydrogen-bond donors (Lipinski definition) is 0. The summed E-state index contributed by atoms with van der Waals surface area (Å²) >= 11 is 5.23. The van der Waals surface area contributed by atoms with E-state index in [2.05, 4.69) is 13.8 Å². The SMILES string of the molecule is CCCCC(CC)COC([S])CCOCC. The summed E-state index contributed by atoms with van der Waals surface area (Å²) in [4.78, 5) is 0. The van der Waals surface area contributed by atoms with Crippen LogP contribution < -0.4 is 0 Å². The Morgan fingerprint density at radius 3 is 2.44 bits per heavy atom. The van der Waals surface area contributed by atoms with Crippen LogP contribution in [0.3, 0.4) is 0 Å². The molecule has 2 atom stereocenters. The zero-order chi connectivity index (χ0) is 12.2. The highest BCUT2D eigenvalue weighted by molar-refractivity contribution is 7.80. The quantitative estimate of drug-likeness (QED) is 0.510. The fourth-order valence-electron chi connectivity index (χ4n) is 1.55. The van der Waals surface area contributed by atoms with Gasteiger partial charge in [0.05, 0.1) is 6.61 Å². The van der Waals surface area contributed by atoms with Crippen LogP contribution in [-0.4, -0.2) is 25.3 Å². The third-order valence-corrected chi connectivity index (χ3v) is 3.13. The number of hydrogen-bond acceptors (Lipinski definition) is 2. The molecule has 3 heteroatoms. The fraction of sp³-hybridized carbons (Fsp3) is 1.00. The zero-order valence-electron chi connectivity index (χ0n) is 11.0. The first kappa shape index (κ1) is 16.3. The molecule has 0 aliphatic heterocycles. The molecule has 2 unspecified atom stereocenters. The topological polar surface area (TPSA) is 18.5 Å². The van der Waals surface area contributed by atoms with Crippen molar-refractivity contribution in [1.29, 1.82) is 0 Å². The largest absolute Gasteiger partial charge is 0.382 e. The van der Waals surface area contributed by atoms with E-state index in [-0.39, 0.29) is 5.44 Å². The van der Waals surface area contributed by atoms with E-state index < -0.39 is 0 Å². The van der Waals surface area contributed by atoms with Gasteiger partial charge in [0, 0.05) is 19.6 Å². The highest BCUT2D eigenvalue weighted by atomic mass is 32.1. The van der Waals surface area contributed by atoms with Crippen molar-refractivity contribution in [3.05, 3.63) is 0 Å². The van der Waals surface area contributed by atoms with Gasteiger partial charge < -0.3 is 9.47 Å². The highest BCUT2D eigenvalue weighted by Gasteiger charge is 2.10. The molecule has 0 bridgehead atoms. The number of ether oxygens (including phenoxy) is 2. The van der Waals surface area contributed by atoms with Crippen molar-refractivity contribution >= 4 is 12.6 Å². The first-order valence-electron chi connectivity index (χ1n) is 6.59. The Balaban J connectivity index is 3.50. The van der Waals surface area contributed by atoms with Crippen LogP contribution in [-0.2, 0) is 9.47 Å². The van der Waals surface area contributed by atoms with Crippen LogP contribution in [0, 0.1) is 5.92 Å². The van der Waals surface area contributed by atoms with Gasteiger partial charge in [0.2, 0.25) is 0 Å². The molecule has 0 fully saturated rings. The predicted molar refractivity (Wildman–Crippen MR) is 71.7 cm³/mol. The fourth-order valence-corrected chi connectivity index (χ4v) is 1.72. The monoisotopic (exact) mass is 247 g/mol. The molecule has 0 aliphatic carbocycles. The van der Waals surface area contributed by atoms with Crippen LogP contribution in [0.1, 0.15) is 52.9 Å². The third kappa shape index (κ3) is 9.49. The summed E-state index contributed by atoms with van der Waals surface area (Å²) in [5, 5.41) is 0. The molecule has 0 aromatic carbocycles. The molecule has 0 heterocycles. The van der Waals surface area contributed by atoms with E-state index in [4.69, 9.17) is 22.1 Å². The van der Waals surface area contributed by atoms with Crippen molar-refractivity contribution in [2.45, 2.75) is 58.3 Å². The van der Waals surface area contributed by atoms with Gasteiger partial charge in [-0.05, 0) is 19.3 Å². The normalized spacial score (nSPS) is 15.0. The number of rotatable bonds is 11. The van der Waals surface area contributed by atoms with E-state index in [9.17, 15) is 0 Å². The lowest BCUT2D eigenvalue weighted by atomic mass is 10.0. The van der Waals surface area contributed by atoms with Gasteiger partial charge in [0.25, 0.3) is 0 Å². The maximum absolute atomic E-state index is 5.67. The highest BCUT2D eigenvalue weighted by Crippen LogP contribution is 2.15. The second kappa shape index (κ2) is 11.7. The smallest absolute Gasteiger partial charge is 0.115 e. The molecule has 16 heavy (non-hydrogen) atoms. The van der Waals surface area contributed by atoms with Crippen molar-refractivity contribution in [2.75, 3.05) is 19.8 Å². The molecule has 0 saturated heterocycles. The predicted octanol–water partition coefficient (Wildman–Crippen LogP) is 4.17. The van der Waals surface area contributed by atoms with Crippen LogP contribution in [0.15, 0.2) is 0 Å². The Kier molecular flexibility index (Phi) is 11.9. The van der Waals surface area contributed by atoms with Crippen LogP contribution in [0.5, 0.6) is 0 Å². The minimum Gasteiger partial charge on any atom is -0.382 e. The van der Waals surface area contributed by atoms with E-state index in [1.54, 1.807) is 0 Å². The Hall–Kier alpha value is 0.270. The van der Waals surface area contributed by atoms with Crippen molar-refractivity contribution in [1.82, 2.24) is 0 Å². The van der Waals surface area contributed by atoms with E-state index in [0.717, 1.165) is 26.2 Å². The molecular weight excluding hydrogens is 220 g/mol. The van der Waals surface area contributed by atoms with Gasteiger partial charge >= 0.3 is 0 Å². The second-order valence-corrected chi connectivity index (χ2v) is 4.69. The summed E-state index contributed by atoms with van der Waals surface area (Å²) in [5.74, 6) is 0.678. The summed E-state index contributed by atoms with van der Waals surface area (Å²) in [6.45, 7) is 8.74. The molecule has 1 radical (unpaired) electrons. The van der Waals surface area contributed by atoms with Crippen LogP contribution in [0.25, 0.3) is 0 Å². The lowest BCUT2D eigenvalue weighted by molar-refractivity contribution is 0.0494. The second-order valence-electron chi connectivity index (χ2n) is 4.16. The van der Waals surface area contributed by atoms with Gasteiger partial charge in [-0.1, -0.05) is 45.7 Å². The summed E-state index contributed by atoms with van der Waals surface area (Å²) in [7, 11) is 0. The Labute approximate surface area is 107 Å². The first-order valence-corrected chi connectivity index (χ1v) is 7.06. The summed E-state index contributed by atoms with van der Waals surface area (Å²) in [6, 6.07) is 0. The zero-order valence-corrected chi connectivity index (χ0v) is 11.9. The minimum absolute atomic E-state index is 0.0813. The Morgan fingerprint density at radius 2 is 1.88 bits per heavy atom. The number of unbranched alkanes of at least 4 members (excludes halogenated alkanes) is 1. The molecule has 0 rings (SSSR count). The van der Waals surface area contributed by atoms with Gasteiger partial charge in [-0.3, -0.25) is 0 Å². The molecule has 0 aliphatic rings. The Bertz CT molecular complexity index is 142. The van der Waals surface area contributed by atoms with Gasteiger partial charge in [-0.15, -0.1) is 0 Å². The van der Waals surface area contributed by atoms with Gasteiger partial charge in [-0.25, -0.2) is 0 Å². The summed E-state index contributed by atoms with van der Waals surface area (Å²) < 4.78 is 10.9. The minimum atomic E-state index is -0.0813. The molecule has 0 aromatic heterocycles.